The van der Waals surface area contributed by atoms with Gasteiger partial charge in [-0.15, -0.1) is 0 Å². The number of rotatable bonds is 10. The van der Waals surface area contributed by atoms with Crippen molar-refractivity contribution in [2.24, 2.45) is 0 Å². The lowest BCUT2D eigenvalue weighted by molar-refractivity contribution is 0.0600. The normalized spacial score (nSPS) is 13.2. The number of nitrogens with one attached hydrogen (secondary N) is 1. The van der Waals surface area contributed by atoms with E-state index in [1.165, 1.54) is 7.11 Å². The van der Waals surface area contributed by atoms with Crippen molar-refractivity contribution in [2.75, 3.05) is 63.5 Å². The maximum Gasteiger partial charge on any atom is 0.337 e. The van der Waals surface area contributed by atoms with Gasteiger partial charge in [0.05, 0.1) is 57.1 Å². The molecule has 2 aromatic rings. The Morgan fingerprint density at radius 1 is 0.912 bits per heavy atom. The highest BCUT2D eigenvalue weighted by Crippen LogP contribution is 2.39. The molecule has 0 atom stereocenters. The molecule has 3 rings (SSSR count). The van der Waals surface area contributed by atoms with E-state index in [1.54, 1.807) is 24.3 Å². The van der Waals surface area contributed by atoms with Crippen LogP contribution in [0.2, 0.25) is 0 Å². The number of amides is 1. The van der Waals surface area contributed by atoms with Gasteiger partial charge in [0.2, 0.25) is 5.75 Å². The van der Waals surface area contributed by atoms with E-state index >= 15 is 0 Å². The van der Waals surface area contributed by atoms with Crippen LogP contribution in [-0.2, 0) is 9.47 Å². The van der Waals surface area contributed by atoms with Crippen molar-refractivity contribution in [3.05, 3.63) is 41.5 Å². The summed E-state index contributed by atoms with van der Waals surface area (Å²) in [6, 6.07) is 8.37. The summed E-state index contributed by atoms with van der Waals surface area (Å²) in [7, 11) is 1.32. The Kier molecular flexibility index (Phi) is 8.98. The van der Waals surface area contributed by atoms with E-state index in [-0.39, 0.29) is 5.91 Å². The molecule has 1 fully saturated rings. The number of morpholine rings is 1. The minimum Gasteiger partial charge on any atom is -0.490 e. The summed E-state index contributed by atoms with van der Waals surface area (Å²) < 4.78 is 27.5. The molecular weight excluding hydrogens is 440 g/mol. The Hall–Kier alpha value is -3.46. The predicted octanol–water partition coefficient (Wildman–Crippen LogP) is 3.76. The Balaban J connectivity index is 1.99. The first kappa shape index (κ1) is 25.2. The minimum atomic E-state index is -0.484. The number of ether oxygens (including phenoxy) is 5. The minimum absolute atomic E-state index is 0.339. The average Bonchev–Trinajstić information content (AvgIpc) is 2.86. The second-order valence-electron chi connectivity index (χ2n) is 7.38. The number of hydrogen-bond acceptors (Lipinski definition) is 8. The van der Waals surface area contributed by atoms with Gasteiger partial charge in [-0.1, -0.05) is 0 Å². The van der Waals surface area contributed by atoms with Crippen LogP contribution in [0.3, 0.4) is 0 Å². The van der Waals surface area contributed by atoms with Gasteiger partial charge in [-0.3, -0.25) is 4.79 Å². The highest BCUT2D eigenvalue weighted by Gasteiger charge is 2.22. The quantitative estimate of drug-likeness (QED) is 0.523. The van der Waals surface area contributed by atoms with Gasteiger partial charge < -0.3 is 33.9 Å². The van der Waals surface area contributed by atoms with Crippen LogP contribution < -0.4 is 24.4 Å². The molecule has 1 saturated heterocycles. The van der Waals surface area contributed by atoms with Crippen LogP contribution in [0.15, 0.2) is 30.3 Å². The Morgan fingerprint density at radius 3 is 2.09 bits per heavy atom. The first-order valence-electron chi connectivity index (χ1n) is 11.4. The molecule has 9 heteroatoms. The van der Waals surface area contributed by atoms with Gasteiger partial charge in [0, 0.05) is 18.7 Å². The number of hydrogen-bond donors (Lipinski definition) is 1. The van der Waals surface area contributed by atoms with Gasteiger partial charge in [0.1, 0.15) is 0 Å². The van der Waals surface area contributed by atoms with Crippen LogP contribution in [-0.4, -0.2) is 65.1 Å². The molecule has 1 aliphatic rings. The molecule has 0 radical (unpaired) electrons. The SMILES string of the molecule is CCOc1cc(C(=O)Nc2cc(C(=O)OC)ccc2N2CCOCC2)cc(OCC)c1OCC. The van der Waals surface area contributed by atoms with Crippen molar-refractivity contribution >= 4 is 23.3 Å². The fourth-order valence-electron chi connectivity index (χ4n) is 3.68. The third-order valence-corrected chi connectivity index (χ3v) is 5.19. The summed E-state index contributed by atoms with van der Waals surface area (Å²) in [4.78, 5) is 27.6. The number of esters is 1. The molecule has 0 bridgehead atoms. The zero-order chi connectivity index (χ0) is 24.5. The van der Waals surface area contributed by atoms with E-state index in [4.69, 9.17) is 23.7 Å². The van der Waals surface area contributed by atoms with Crippen molar-refractivity contribution in [1.82, 2.24) is 0 Å². The van der Waals surface area contributed by atoms with Crippen LogP contribution in [0.25, 0.3) is 0 Å². The van der Waals surface area contributed by atoms with Crippen LogP contribution in [0.5, 0.6) is 17.2 Å². The van der Waals surface area contributed by atoms with E-state index < -0.39 is 5.97 Å². The smallest absolute Gasteiger partial charge is 0.337 e. The van der Waals surface area contributed by atoms with Crippen molar-refractivity contribution in [1.29, 1.82) is 0 Å². The van der Waals surface area contributed by atoms with Gasteiger partial charge in [0.25, 0.3) is 5.91 Å². The fraction of sp³-hybridized carbons (Fsp3) is 0.440. The van der Waals surface area contributed by atoms with E-state index in [2.05, 4.69) is 10.2 Å². The molecule has 0 unspecified atom stereocenters. The standard InChI is InChI=1S/C25H32N2O7/c1-5-32-21-15-18(16-22(33-6-2)23(21)34-7-3)24(28)26-19-14-17(25(29)30-4)8-9-20(19)27-10-12-31-13-11-27/h8-9,14-16H,5-7,10-13H2,1-4H3,(H,26,28). The van der Waals surface area contributed by atoms with Crippen molar-refractivity contribution in [3.8, 4) is 17.2 Å². The second-order valence-corrected chi connectivity index (χ2v) is 7.38. The number of nitrogens with zero attached hydrogens (tertiary/aromatic N) is 1. The van der Waals surface area contributed by atoms with Gasteiger partial charge >= 0.3 is 5.97 Å². The van der Waals surface area contributed by atoms with Gasteiger partial charge in [-0.05, 0) is 51.1 Å². The zero-order valence-corrected chi connectivity index (χ0v) is 20.1. The molecule has 1 heterocycles. The fourth-order valence-corrected chi connectivity index (χ4v) is 3.68. The Labute approximate surface area is 199 Å². The molecule has 0 saturated carbocycles. The molecular formula is C25H32N2O7. The topological polar surface area (TPSA) is 95.6 Å². The zero-order valence-electron chi connectivity index (χ0n) is 20.1. The van der Waals surface area contributed by atoms with Gasteiger partial charge in [0.15, 0.2) is 11.5 Å². The van der Waals surface area contributed by atoms with Crippen LogP contribution in [0, 0.1) is 0 Å². The van der Waals surface area contributed by atoms with Crippen LogP contribution in [0.4, 0.5) is 11.4 Å². The van der Waals surface area contributed by atoms with E-state index in [1.807, 2.05) is 26.8 Å². The lowest BCUT2D eigenvalue weighted by Crippen LogP contribution is -2.36. The number of methoxy groups -OCH3 is 1. The summed E-state index contributed by atoms with van der Waals surface area (Å²) in [6.07, 6.45) is 0. The Bertz CT molecular complexity index is 976. The number of anilines is 2. The summed E-state index contributed by atoms with van der Waals surface area (Å²) in [5, 5.41) is 2.95. The first-order chi connectivity index (χ1) is 16.5. The summed E-state index contributed by atoms with van der Waals surface area (Å²) in [5.74, 6) is 0.461. The van der Waals surface area contributed by atoms with Crippen molar-refractivity contribution < 1.29 is 33.3 Å². The number of benzene rings is 2. The third kappa shape index (κ3) is 5.91. The lowest BCUT2D eigenvalue weighted by Gasteiger charge is -2.30. The summed E-state index contributed by atoms with van der Waals surface area (Å²) >= 11 is 0. The molecule has 34 heavy (non-hydrogen) atoms. The lowest BCUT2D eigenvalue weighted by atomic mass is 10.1. The molecule has 184 valence electrons. The Morgan fingerprint density at radius 2 is 1.53 bits per heavy atom. The molecule has 1 aliphatic heterocycles. The first-order valence-corrected chi connectivity index (χ1v) is 11.4. The summed E-state index contributed by atoms with van der Waals surface area (Å²) in [5.41, 5.74) is 1.98. The van der Waals surface area contributed by atoms with Crippen molar-refractivity contribution in [2.45, 2.75) is 20.8 Å². The third-order valence-electron chi connectivity index (χ3n) is 5.19. The molecule has 0 aromatic heterocycles. The van der Waals surface area contributed by atoms with E-state index in [9.17, 15) is 9.59 Å². The maximum absolute atomic E-state index is 13.4. The van der Waals surface area contributed by atoms with Crippen molar-refractivity contribution in [3.63, 3.8) is 0 Å². The van der Waals surface area contributed by atoms with Gasteiger partial charge in [-0.2, -0.15) is 0 Å². The van der Waals surface area contributed by atoms with Crippen LogP contribution >= 0.6 is 0 Å². The highest BCUT2D eigenvalue weighted by molar-refractivity contribution is 6.07. The molecule has 0 spiro atoms. The number of carbonyl (C=O) groups excluding carboxylic acids is 2. The largest absolute Gasteiger partial charge is 0.490 e. The monoisotopic (exact) mass is 472 g/mol. The molecule has 1 N–H and O–H groups in total. The second kappa shape index (κ2) is 12.1. The predicted molar refractivity (Wildman–Crippen MR) is 129 cm³/mol. The molecule has 9 nitrogen and oxygen atoms in total. The maximum atomic E-state index is 13.4. The molecule has 0 aliphatic carbocycles. The molecule has 1 amide bonds. The number of carbonyl (C=O) groups is 2. The molecule has 2 aromatic carbocycles. The van der Waals surface area contributed by atoms with E-state index in [0.717, 1.165) is 5.69 Å². The van der Waals surface area contributed by atoms with Crippen LogP contribution in [0.1, 0.15) is 41.5 Å². The highest BCUT2D eigenvalue weighted by atomic mass is 16.5. The van der Waals surface area contributed by atoms with Gasteiger partial charge in [-0.25, -0.2) is 4.79 Å². The van der Waals surface area contributed by atoms with E-state index in [0.29, 0.717) is 80.2 Å². The summed E-state index contributed by atoms with van der Waals surface area (Å²) in [6.45, 7) is 9.33. The average molecular weight is 473 g/mol.